The molecule has 0 bridgehead atoms. The monoisotopic (exact) mass is 438 g/mol. The molecule has 160 valence electrons. The smallest absolute Gasteiger partial charge is 0.272 e. The topological polar surface area (TPSA) is 111 Å². The molecule has 3 heterocycles. The van der Waals surface area contributed by atoms with Gasteiger partial charge in [-0.25, -0.2) is 18.5 Å². The Morgan fingerprint density at radius 2 is 1.77 bits per heavy atom. The molecule has 0 radical (unpaired) electrons. The predicted octanol–water partition coefficient (Wildman–Crippen LogP) is 1.69. The second-order valence-corrected chi connectivity index (χ2v) is 9.72. The molecule has 2 aliphatic rings. The van der Waals surface area contributed by atoms with Crippen molar-refractivity contribution in [3.8, 4) is 0 Å². The van der Waals surface area contributed by atoms with Crippen molar-refractivity contribution in [3.05, 3.63) is 58.4 Å². The summed E-state index contributed by atoms with van der Waals surface area (Å²) in [5.74, 6) is 1.30. The van der Waals surface area contributed by atoms with Gasteiger partial charge in [0.05, 0.1) is 27.9 Å². The maximum atomic E-state index is 12.9. The Morgan fingerprint density at radius 1 is 1.03 bits per heavy atom. The first-order valence-electron chi connectivity index (χ1n) is 10.1. The zero-order chi connectivity index (χ0) is 21.6. The summed E-state index contributed by atoms with van der Waals surface area (Å²) in [6.45, 7) is 4.50. The summed E-state index contributed by atoms with van der Waals surface area (Å²) in [5.41, 5.74) is 1.49. The highest BCUT2D eigenvalue weighted by Crippen LogP contribution is 2.32. The number of rotatable bonds is 4. The number of benzene rings is 2. The Labute approximate surface area is 179 Å². The number of aryl methyl sites for hydroxylation is 1. The van der Waals surface area contributed by atoms with Crippen molar-refractivity contribution in [3.63, 3.8) is 0 Å². The Bertz CT molecular complexity index is 1340. The van der Waals surface area contributed by atoms with E-state index in [0.717, 1.165) is 11.4 Å². The highest BCUT2D eigenvalue weighted by molar-refractivity contribution is 7.89. The minimum atomic E-state index is -3.49. The van der Waals surface area contributed by atoms with Gasteiger partial charge in [0.1, 0.15) is 5.84 Å². The maximum absolute atomic E-state index is 12.9. The molecule has 5 rings (SSSR count). The fraction of sp³-hybridized carbons (Fsp3) is 0.286. The van der Waals surface area contributed by atoms with Crippen molar-refractivity contribution >= 4 is 38.1 Å². The van der Waals surface area contributed by atoms with E-state index in [-0.39, 0.29) is 5.56 Å². The number of hydrogen-bond acceptors (Lipinski definition) is 7. The SMILES string of the molecule is Cc1ccc(S(=O)(=O)N2CCN(CC3=Nc4cccc5c(=O)[nH]nc(c45)N3)CC2)cc1. The molecule has 9 nitrogen and oxygen atoms in total. The number of anilines is 1. The first-order chi connectivity index (χ1) is 14.9. The summed E-state index contributed by atoms with van der Waals surface area (Å²) >= 11 is 0. The minimum Gasteiger partial charge on any atom is -0.325 e. The summed E-state index contributed by atoms with van der Waals surface area (Å²) in [6, 6.07) is 12.4. The first-order valence-corrected chi connectivity index (χ1v) is 11.5. The van der Waals surface area contributed by atoms with Crippen molar-refractivity contribution < 1.29 is 8.42 Å². The lowest BCUT2D eigenvalue weighted by atomic mass is 10.1. The second kappa shape index (κ2) is 7.56. The Hall–Kier alpha value is -3.08. The van der Waals surface area contributed by atoms with Gasteiger partial charge in [0.15, 0.2) is 5.82 Å². The Morgan fingerprint density at radius 3 is 2.52 bits per heavy atom. The van der Waals surface area contributed by atoms with Crippen LogP contribution in [0.15, 0.2) is 57.1 Å². The molecule has 0 unspecified atom stereocenters. The summed E-state index contributed by atoms with van der Waals surface area (Å²) in [6.07, 6.45) is 0. The number of piperazine rings is 1. The van der Waals surface area contributed by atoms with Crippen molar-refractivity contribution in [1.82, 2.24) is 19.4 Å². The molecule has 3 aromatic rings. The normalized spacial score (nSPS) is 17.4. The number of nitrogens with one attached hydrogen (secondary N) is 2. The minimum absolute atomic E-state index is 0.244. The lowest BCUT2D eigenvalue weighted by Crippen LogP contribution is -2.50. The largest absolute Gasteiger partial charge is 0.325 e. The van der Waals surface area contributed by atoms with Gasteiger partial charge in [0.25, 0.3) is 5.56 Å². The quantitative estimate of drug-likeness (QED) is 0.641. The molecule has 0 atom stereocenters. The number of aromatic amines is 1. The molecule has 2 aliphatic heterocycles. The van der Waals surface area contributed by atoms with Crippen molar-refractivity contribution in [2.75, 3.05) is 38.0 Å². The molecule has 10 heteroatoms. The van der Waals surface area contributed by atoms with E-state index in [1.807, 2.05) is 25.1 Å². The molecule has 31 heavy (non-hydrogen) atoms. The molecule has 1 fully saturated rings. The third kappa shape index (κ3) is 3.62. The zero-order valence-electron chi connectivity index (χ0n) is 17.0. The second-order valence-electron chi connectivity index (χ2n) is 7.78. The average molecular weight is 439 g/mol. The summed E-state index contributed by atoms with van der Waals surface area (Å²) in [4.78, 5) is 19.1. The van der Waals surface area contributed by atoms with Crippen LogP contribution in [0.5, 0.6) is 0 Å². The van der Waals surface area contributed by atoms with Crippen LogP contribution in [0.25, 0.3) is 10.8 Å². The number of nitrogens with zero attached hydrogens (tertiary/aromatic N) is 4. The van der Waals surface area contributed by atoms with Crippen LogP contribution in [0, 0.1) is 6.92 Å². The highest BCUT2D eigenvalue weighted by Gasteiger charge is 2.29. The van der Waals surface area contributed by atoms with Crippen LogP contribution in [0.4, 0.5) is 11.5 Å². The number of aromatic nitrogens is 2. The van der Waals surface area contributed by atoms with Gasteiger partial charge in [0, 0.05) is 26.2 Å². The van der Waals surface area contributed by atoms with Gasteiger partial charge in [-0.1, -0.05) is 23.8 Å². The van der Waals surface area contributed by atoms with Crippen LogP contribution in [0.3, 0.4) is 0 Å². The predicted molar refractivity (Wildman–Crippen MR) is 119 cm³/mol. The maximum Gasteiger partial charge on any atom is 0.272 e. The van der Waals surface area contributed by atoms with Crippen molar-refractivity contribution in [2.24, 2.45) is 4.99 Å². The lowest BCUT2D eigenvalue weighted by Gasteiger charge is -2.34. The van der Waals surface area contributed by atoms with Crippen LogP contribution in [-0.4, -0.2) is 66.4 Å². The average Bonchev–Trinajstić information content (AvgIpc) is 2.77. The van der Waals surface area contributed by atoms with E-state index in [1.54, 1.807) is 24.3 Å². The number of amidine groups is 1. The first kappa shape index (κ1) is 19.9. The van der Waals surface area contributed by atoms with Crippen molar-refractivity contribution in [1.29, 1.82) is 0 Å². The number of aliphatic imine (C=N–C) groups is 1. The molecular formula is C21H22N6O3S. The number of hydrogen-bond donors (Lipinski definition) is 2. The summed E-state index contributed by atoms with van der Waals surface area (Å²) in [5, 5.41) is 11.1. The third-order valence-electron chi connectivity index (χ3n) is 5.67. The molecule has 2 N–H and O–H groups in total. The van der Waals surface area contributed by atoms with Gasteiger partial charge in [-0.15, -0.1) is 0 Å². The molecule has 1 aromatic heterocycles. The van der Waals surface area contributed by atoms with Crippen LogP contribution in [-0.2, 0) is 10.0 Å². The zero-order valence-corrected chi connectivity index (χ0v) is 17.8. The molecule has 0 amide bonds. The van der Waals surface area contributed by atoms with Gasteiger partial charge < -0.3 is 5.32 Å². The van der Waals surface area contributed by atoms with Crippen molar-refractivity contribution in [2.45, 2.75) is 11.8 Å². The molecule has 0 spiro atoms. The summed E-state index contributed by atoms with van der Waals surface area (Å²) < 4.78 is 27.3. The number of H-pyrrole nitrogens is 1. The van der Waals surface area contributed by atoms with E-state index in [4.69, 9.17) is 0 Å². The standard InChI is InChI=1S/C21H22N6O3S/c1-14-5-7-15(8-6-14)31(29,30)27-11-9-26(10-12-27)13-18-22-17-4-2-3-16-19(17)20(23-18)24-25-21(16)28/h2-8H,9-13H2,1H3,(H,25,28)(H,22,23,24). The van der Waals surface area contributed by atoms with Gasteiger partial charge in [-0.05, 0) is 31.2 Å². The van der Waals surface area contributed by atoms with E-state index < -0.39 is 10.0 Å². The Balaban J connectivity index is 1.29. The molecular weight excluding hydrogens is 416 g/mol. The van der Waals surface area contributed by atoms with Crippen LogP contribution < -0.4 is 10.9 Å². The van der Waals surface area contributed by atoms with E-state index in [0.29, 0.717) is 59.9 Å². The van der Waals surface area contributed by atoms with E-state index in [1.165, 1.54) is 4.31 Å². The third-order valence-corrected chi connectivity index (χ3v) is 7.59. The van der Waals surface area contributed by atoms with E-state index in [2.05, 4.69) is 25.4 Å². The van der Waals surface area contributed by atoms with Gasteiger partial charge in [0.2, 0.25) is 10.0 Å². The van der Waals surface area contributed by atoms with Crippen LogP contribution in [0.1, 0.15) is 5.56 Å². The molecule has 0 aliphatic carbocycles. The van der Waals surface area contributed by atoms with Crippen LogP contribution >= 0.6 is 0 Å². The van der Waals surface area contributed by atoms with Gasteiger partial charge >= 0.3 is 0 Å². The molecule has 2 aromatic carbocycles. The van der Waals surface area contributed by atoms with Gasteiger partial charge in [-0.2, -0.15) is 9.40 Å². The van der Waals surface area contributed by atoms with E-state index >= 15 is 0 Å². The fourth-order valence-corrected chi connectivity index (χ4v) is 5.39. The Kier molecular flexibility index (Phi) is 4.84. The lowest BCUT2D eigenvalue weighted by molar-refractivity contribution is 0.209. The van der Waals surface area contributed by atoms with Crippen LogP contribution in [0.2, 0.25) is 0 Å². The highest BCUT2D eigenvalue weighted by atomic mass is 32.2. The van der Waals surface area contributed by atoms with Gasteiger partial charge in [-0.3, -0.25) is 9.69 Å². The van der Waals surface area contributed by atoms with E-state index in [9.17, 15) is 13.2 Å². The summed E-state index contributed by atoms with van der Waals surface area (Å²) in [7, 11) is -3.49. The number of sulfonamides is 1. The fourth-order valence-electron chi connectivity index (χ4n) is 3.97. The molecule has 1 saturated heterocycles. The molecule has 0 saturated carbocycles.